The smallest absolute Gasteiger partial charge is 0.165 e. The second-order valence-electron chi connectivity index (χ2n) is 12.5. The van der Waals surface area contributed by atoms with Gasteiger partial charge in [0.15, 0.2) is 5.82 Å². The lowest BCUT2D eigenvalue weighted by Gasteiger charge is -2.15. The van der Waals surface area contributed by atoms with Crippen molar-refractivity contribution in [2.45, 2.75) is 0 Å². The van der Waals surface area contributed by atoms with Gasteiger partial charge in [0.1, 0.15) is 5.69 Å². The van der Waals surface area contributed by atoms with Crippen LogP contribution in [0.3, 0.4) is 0 Å². The van der Waals surface area contributed by atoms with Gasteiger partial charge in [0, 0.05) is 31.8 Å². The molecule has 4 heteroatoms. The summed E-state index contributed by atoms with van der Waals surface area (Å²) >= 11 is 1.90. The molecular formula is C44H25N3S. The quantitative estimate of drug-likeness (QED) is 0.191. The van der Waals surface area contributed by atoms with Crippen LogP contribution in [0, 0.1) is 0 Å². The molecule has 48 heavy (non-hydrogen) atoms. The molecule has 3 nitrogen and oxygen atoms in total. The first-order valence-corrected chi connectivity index (χ1v) is 17.1. The maximum atomic E-state index is 5.50. The van der Waals surface area contributed by atoms with E-state index < -0.39 is 0 Å². The predicted molar refractivity (Wildman–Crippen MR) is 205 cm³/mol. The highest BCUT2D eigenvalue weighted by atomic mass is 32.1. The van der Waals surface area contributed by atoms with E-state index in [9.17, 15) is 0 Å². The van der Waals surface area contributed by atoms with Gasteiger partial charge in [0.2, 0.25) is 0 Å². The molecule has 0 aliphatic heterocycles. The number of hydrogen-bond acceptors (Lipinski definition) is 3. The first-order chi connectivity index (χ1) is 23.8. The minimum absolute atomic E-state index is 0.843. The van der Waals surface area contributed by atoms with E-state index in [1.54, 1.807) is 0 Å². The first-order valence-electron chi connectivity index (χ1n) is 16.3. The van der Waals surface area contributed by atoms with Crippen LogP contribution in [-0.4, -0.2) is 14.5 Å². The summed E-state index contributed by atoms with van der Waals surface area (Å²) < 4.78 is 5.00. The summed E-state index contributed by atoms with van der Waals surface area (Å²) in [5, 5.41) is 12.5. The van der Waals surface area contributed by atoms with Gasteiger partial charge < -0.3 is 0 Å². The van der Waals surface area contributed by atoms with Crippen LogP contribution in [0.5, 0.6) is 0 Å². The number of fused-ring (bicyclic) bond motifs is 14. The van der Waals surface area contributed by atoms with Gasteiger partial charge in [-0.1, -0.05) is 133 Å². The molecule has 3 heterocycles. The third kappa shape index (κ3) is 3.47. The standard InChI is InChI=1S/C44H25N3S/c1-3-15-28-26(12-1)14-11-20-32(28)40-44(46-36-22-9-8-21-35(36)45-40)47-37-23-10-7-19-33(37)38-30-17-5-6-18-31(30)39-34-25-24-27-13-2-4-16-29(27)42(34)48-43(39)41(38)47/h1-25H. The van der Waals surface area contributed by atoms with Crippen LogP contribution in [-0.2, 0) is 0 Å². The molecule has 0 unspecified atom stereocenters. The summed E-state index contributed by atoms with van der Waals surface area (Å²) in [5.41, 5.74) is 6.02. The average molecular weight is 628 g/mol. The van der Waals surface area contributed by atoms with Crippen LogP contribution in [0.4, 0.5) is 0 Å². The third-order valence-corrected chi connectivity index (χ3v) is 11.2. The Bertz CT molecular complexity index is 3120. The minimum Gasteiger partial charge on any atom is -0.290 e. The number of aromatic nitrogens is 3. The highest BCUT2D eigenvalue weighted by Crippen LogP contribution is 2.49. The van der Waals surface area contributed by atoms with Gasteiger partial charge in [0.25, 0.3) is 0 Å². The Labute approximate surface area is 278 Å². The molecule has 0 fully saturated rings. The van der Waals surface area contributed by atoms with Gasteiger partial charge in [-0.25, -0.2) is 9.97 Å². The molecule has 0 atom stereocenters. The zero-order chi connectivity index (χ0) is 31.3. The molecule has 0 saturated heterocycles. The second-order valence-corrected chi connectivity index (χ2v) is 13.5. The summed E-state index contributed by atoms with van der Waals surface area (Å²) in [6.45, 7) is 0. The van der Waals surface area contributed by atoms with Crippen LogP contribution < -0.4 is 0 Å². The predicted octanol–water partition coefficient (Wildman–Crippen LogP) is 12.2. The van der Waals surface area contributed by atoms with Crippen molar-refractivity contribution in [3.63, 3.8) is 0 Å². The minimum atomic E-state index is 0.843. The SMILES string of the molecule is c1ccc2c(-c3nc4ccccc4nc3-n3c4ccccc4c4c5ccccc5c5c6ccc7ccccc7c6sc5c43)cccc2c1. The molecule has 222 valence electrons. The number of para-hydroxylation sites is 3. The van der Waals surface area contributed by atoms with Crippen molar-refractivity contribution < 1.29 is 0 Å². The average Bonchev–Trinajstić information content (AvgIpc) is 3.71. The first kappa shape index (κ1) is 26.0. The van der Waals surface area contributed by atoms with Gasteiger partial charge in [-0.05, 0) is 50.5 Å². The van der Waals surface area contributed by atoms with Crippen molar-refractivity contribution in [1.29, 1.82) is 0 Å². The fourth-order valence-electron chi connectivity index (χ4n) is 7.89. The summed E-state index contributed by atoms with van der Waals surface area (Å²) in [5.74, 6) is 0.843. The van der Waals surface area contributed by atoms with E-state index in [1.807, 2.05) is 23.5 Å². The number of rotatable bonds is 2. The van der Waals surface area contributed by atoms with E-state index in [0.29, 0.717) is 0 Å². The highest BCUT2D eigenvalue weighted by molar-refractivity contribution is 7.27. The van der Waals surface area contributed by atoms with Gasteiger partial charge in [-0.2, -0.15) is 0 Å². The van der Waals surface area contributed by atoms with Crippen molar-refractivity contribution >= 4 is 96.7 Å². The molecule has 0 bridgehead atoms. The Hall–Kier alpha value is -6.10. The van der Waals surface area contributed by atoms with Crippen LogP contribution >= 0.6 is 11.3 Å². The highest BCUT2D eigenvalue weighted by Gasteiger charge is 2.25. The summed E-state index contributed by atoms with van der Waals surface area (Å²) in [6, 6.07) is 54.3. The molecule has 11 aromatic rings. The molecule has 0 amide bonds. The fourth-order valence-corrected chi connectivity index (χ4v) is 9.28. The third-order valence-electron chi connectivity index (χ3n) is 9.94. The largest absolute Gasteiger partial charge is 0.290 e. The molecule has 0 aliphatic carbocycles. The number of thiophene rings is 1. The maximum absolute atomic E-state index is 5.50. The Morgan fingerprint density at radius 3 is 1.83 bits per heavy atom. The van der Waals surface area contributed by atoms with Gasteiger partial charge in [-0.3, -0.25) is 4.57 Å². The molecule has 0 radical (unpaired) electrons. The lowest BCUT2D eigenvalue weighted by atomic mass is 9.98. The van der Waals surface area contributed by atoms with Gasteiger partial charge >= 0.3 is 0 Å². The molecule has 0 saturated carbocycles. The second kappa shape index (κ2) is 9.71. The van der Waals surface area contributed by atoms with E-state index >= 15 is 0 Å². The summed E-state index contributed by atoms with van der Waals surface area (Å²) in [6.07, 6.45) is 0. The topological polar surface area (TPSA) is 30.7 Å². The van der Waals surface area contributed by atoms with Crippen LogP contribution in [0.15, 0.2) is 152 Å². The normalized spacial score (nSPS) is 12.2. The van der Waals surface area contributed by atoms with E-state index in [0.717, 1.165) is 39.0 Å². The Morgan fingerprint density at radius 1 is 0.417 bits per heavy atom. The molecular weight excluding hydrogens is 603 g/mol. The van der Waals surface area contributed by atoms with Crippen molar-refractivity contribution in [3.05, 3.63) is 152 Å². The van der Waals surface area contributed by atoms with Gasteiger partial charge in [0.05, 0.1) is 26.8 Å². The maximum Gasteiger partial charge on any atom is 0.165 e. The molecule has 3 aromatic heterocycles. The van der Waals surface area contributed by atoms with Gasteiger partial charge in [-0.15, -0.1) is 11.3 Å². The van der Waals surface area contributed by atoms with Crippen molar-refractivity contribution in [2.24, 2.45) is 0 Å². The fraction of sp³-hybridized carbons (Fsp3) is 0. The molecule has 0 spiro atoms. The van der Waals surface area contributed by atoms with Crippen molar-refractivity contribution in [2.75, 3.05) is 0 Å². The lowest BCUT2D eigenvalue weighted by molar-refractivity contribution is 1.08. The summed E-state index contributed by atoms with van der Waals surface area (Å²) in [4.78, 5) is 10.9. The van der Waals surface area contributed by atoms with Crippen LogP contribution in [0.2, 0.25) is 0 Å². The Balaban J connectivity index is 1.41. The number of benzene rings is 8. The Morgan fingerprint density at radius 2 is 1.02 bits per heavy atom. The zero-order valence-electron chi connectivity index (χ0n) is 25.7. The number of nitrogens with zero attached hydrogens (tertiary/aromatic N) is 3. The van der Waals surface area contributed by atoms with E-state index in [-0.39, 0.29) is 0 Å². The molecule has 8 aromatic carbocycles. The van der Waals surface area contributed by atoms with Crippen LogP contribution in [0.1, 0.15) is 0 Å². The van der Waals surface area contributed by atoms with E-state index in [1.165, 1.54) is 63.4 Å². The zero-order valence-corrected chi connectivity index (χ0v) is 26.5. The van der Waals surface area contributed by atoms with Crippen molar-refractivity contribution in [3.8, 4) is 17.1 Å². The monoisotopic (exact) mass is 627 g/mol. The molecule has 11 rings (SSSR count). The van der Waals surface area contributed by atoms with Crippen LogP contribution in [0.25, 0.3) is 102 Å². The molecule has 0 N–H and O–H groups in total. The number of hydrogen-bond donors (Lipinski definition) is 0. The van der Waals surface area contributed by atoms with E-state index in [4.69, 9.17) is 9.97 Å². The lowest BCUT2D eigenvalue weighted by Crippen LogP contribution is -2.04. The summed E-state index contributed by atoms with van der Waals surface area (Å²) in [7, 11) is 0. The van der Waals surface area contributed by atoms with E-state index in [2.05, 4.69) is 144 Å². The Kier molecular flexibility index (Phi) is 5.26. The molecule has 0 aliphatic rings. The van der Waals surface area contributed by atoms with Crippen molar-refractivity contribution in [1.82, 2.24) is 14.5 Å².